The van der Waals surface area contributed by atoms with Gasteiger partial charge in [-0.2, -0.15) is 8.78 Å². The molecule has 2 N–H and O–H groups in total. The van der Waals surface area contributed by atoms with E-state index in [4.69, 9.17) is 20.2 Å². The number of hydrogen-bond donors (Lipinski definition) is 1. The fourth-order valence-corrected chi connectivity index (χ4v) is 4.52. The highest BCUT2D eigenvalue weighted by atomic mass is 19.1. The maximum absolute atomic E-state index is 14.5. The molecule has 3 aromatic heterocycles. The smallest absolute Gasteiger partial charge is 0.283 e. The topological polar surface area (TPSA) is 95.5 Å². The molecule has 0 saturated carbocycles. The number of pyridine rings is 3. The Hall–Kier alpha value is -4.40. The summed E-state index contributed by atoms with van der Waals surface area (Å²) in [5.74, 6) is -0.201. The molecule has 2 aliphatic rings. The highest BCUT2D eigenvalue weighted by molar-refractivity contribution is 5.77. The van der Waals surface area contributed by atoms with Crippen molar-refractivity contribution >= 4 is 6.02 Å². The Balaban J connectivity index is 1.59. The van der Waals surface area contributed by atoms with E-state index < -0.39 is 17.4 Å². The minimum absolute atomic E-state index is 0.0222. The summed E-state index contributed by atoms with van der Waals surface area (Å²) in [4.78, 5) is 16.6. The van der Waals surface area contributed by atoms with E-state index in [-0.39, 0.29) is 11.6 Å². The minimum atomic E-state index is -0.990. The lowest BCUT2D eigenvalue weighted by molar-refractivity contribution is 0.219. The predicted molar refractivity (Wildman–Crippen MR) is 120 cm³/mol. The van der Waals surface area contributed by atoms with Crippen molar-refractivity contribution in [3.63, 3.8) is 0 Å². The molecule has 168 valence electrons. The normalized spacial score (nSPS) is 18.4. The molecular formula is C25H17F2N5O2. The van der Waals surface area contributed by atoms with Gasteiger partial charge in [0.25, 0.3) is 6.02 Å². The molecule has 5 heterocycles. The number of hydrogen-bond acceptors (Lipinski definition) is 7. The van der Waals surface area contributed by atoms with Crippen LogP contribution >= 0.6 is 0 Å². The van der Waals surface area contributed by atoms with Crippen LogP contribution in [0.15, 0.2) is 72.1 Å². The van der Waals surface area contributed by atoms with Gasteiger partial charge in [-0.1, -0.05) is 6.07 Å². The van der Waals surface area contributed by atoms with Gasteiger partial charge in [0.1, 0.15) is 11.3 Å². The van der Waals surface area contributed by atoms with E-state index in [1.54, 1.807) is 42.5 Å². The van der Waals surface area contributed by atoms with Gasteiger partial charge in [0, 0.05) is 35.5 Å². The quantitative estimate of drug-likeness (QED) is 0.443. The molecule has 4 aromatic rings. The first-order valence-electron chi connectivity index (χ1n) is 10.6. The van der Waals surface area contributed by atoms with Gasteiger partial charge in [0.15, 0.2) is 5.75 Å². The zero-order chi connectivity index (χ0) is 23.3. The van der Waals surface area contributed by atoms with Crippen LogP contribution in [0.1, 0.15) is 17.5 Å². The molecule has 0 bridgehead atoms. The standard InChI is InChI=1S/C25H17F2N5O2/c26-22-15(3-1-8-29-22)14-5-6-20-17(11-14)25(7-10-33-24(28)32-25)18-12-19(31-13-21(18)34-20)16-4-2-9-30-23(16)27/h1-6,8-9,11-13H,7,10H2,(H2,28,32)/t25-/m0/s1. The molecule has 0 saturated heterocycles. The molecule has 2 aliphatic heterocycles. The Morgan fingerprint density at radius 1 is 0.853 bits per heavy atom. The monoisotopic (exact) mass is 457 g/mol. The SMILES string of the molecule is NC1=N[C@@]2(CCO1)c1cc(-c3cccnc3F)ccc1Oc1cnc(-c3cccnc3F)cc12. The van der Waals surface area contributed by atoms with Crippen molar-refractivity contribution in [1.82, 2.24) is 15.0 Å². The first kappa shape index (κ1) is 20.2. The predicted octanol–water partition coefficient (Wildman–Crippen LogP) is 4.57. The molecule has 34 heavy (non-hydrogen) atoms. The third-order valence-electron chi connectivity index (χ3n) is 6.08. The number of halogens is 2. The number of nitrogens with two attached hydrogens (primary N) is 1. The van der Waals surface area contributed by atoms with Crippen LogP contribution in [-0.4, -0.2) is 27.6 Å². The van der Waals surface area contributed by atoms with Crippen LogP contribution in [-0.2, 0) is 10.3 Å². The summed E-state index contributed by atoms with van der Waals surface area (Å²) in [6, 6.07) is 13.7. The lowest BCUT2D eigenvalue weighted by Crippen LogP contribution is -2.38. The van der Waals surface area contributed by atoms with E-state index in [2.05, 4.69) is 15.0 Å². The summed E-state index contributed by atoms with van der Waals surface area (Å²) >= 11 is 0. The molecule has 0 fully saturated rings. The molecule has 9 heteroatoms. The largest absolute Gasteiger partial charge is 0.465 e. The van der Waals surface area contributed by atoms with E-state index >= 15 is 0 Å². The molecule has 1 spiro atoms. The molecule has 1 atom stereocenters. The average molecular weight is 457 g/mol. The van der Waals surface area contributed by atoms with Gasteiger partial charge in [-0.15, -0.1) is 0 Å². The van der Waals surface area contributed by atoms with Crippen molar-refractivity contribution in [3.05, 3.63) is 90.1 Å². The van der Waals surface area contributed by atoms with Gasteiger partial charge in [0.2, 0.25) is 11.9 Å². The molecule has 0 radical (unpaired) electrons. The van der Waals surface area contributed by atoms with Crippen LogP contribution in [0, 0.1) is 11.9 Å². The number of nitrogens with zero attached hydrogens (tertiary/aromatic N) is 4. The van der Waals surface area contributed by atoms with Crippen LogP contribution in [0.25, 0.3) is 22.4 Å². The molecule has 0 unspecified atom stereocenters. The maximum Gasteiger partial charge on any atom is 0.283 e. The van der Waals surface area contributed by atoms with Gasteiger partial charge >= 0.3 is 0 Å². The zero-order valence-electron chi connectivity index (χ0n) is 17.7. The van der Waals surface area contributed by atoms with Gasteiger partial charge in [-0.05, 0) is 48.0 Å². The minimum Gasteiger partial charge on any atom is -0.465 e. The first-order valence-corrected chi connectivity index (χ1v) is 10.6. The van der Waals surface area contributed by atoms with Crippen molar-refractivity contribution < 1.29 is 18.3 Å². The molecule has 6 rings (SSSR count). The van der Waals surface area contributed by atoms with Gasteiger partial charge in [-0.25, -0.2) is 15.0 Å². The van der Waals surface area contributed by atoms with Crippen LogP contribution in [0.3, 0.4) is 0 Å². The number of ether oxygens (including phenoxy) is 2. The van der Waals surface area contributed by atoms with Crippen molar-refractivity contribution in [2.75, 3.05) is 6.61 Å². The summed E-state index contributed by atoms with van der Waals surface area (Å²) in [6.07, 6.45) is 4.75. The Bertz CT molecular complexity index is 1380. The van der Waals surface area contributed by atoms with Gasteiger partial charge in [-0.3, -0.25) is 4.98 Å². The number of rotatable bonds is 2. The lowest BCUT2D eigenvalue weighted by atomic mass is 9.77. The van der Waals surface area contributed by atoms with Crippen LogP contribution < -0.4 is 10.5 Å². The first-order chi connectivity index (χ1) is 16.5. The zero-order valence-corrected chi connectivity index (χ0v) is 17.7. The summed E-state index contributed by atoms with van der Waals surface area (Å²) in [7, 11) is 0. The summed E-state index contributed by atoms with van der Waals surface area (Å²) in [5.41, 5.74) is 7.99. The number of fused-ring (bicyclic) bond motifs is 4. The van der Waals surface area contributed by atoms with Gasteiger partial charge < -0.3 is 15.2 Å². The average Bonchev–Trinajstić information content (AvgIpc) is 2.85. The second kappa shape index (κ2) is 7.58. The Morgan fingerprint density at radius 2 is 1.59 bits per heavy atom. The molecule has 0 aliphatic carbocycles. The fourth-order valence-electron chi connectivity index (χ4n) is 4.52. The summed E-state index contributed by atoms with van der Waals surface area (Å²) in [5, 5.41) is 0. The third kappa shape index (κ3) is 3.08. The highest BCUT2D eigenvalue weighted by Crippen LogP contribution is 2.53. The molecule has 0 amide bonds. The molecule has 1 aromatic carbocycles. The number of aromatic nitrogens is 3. The second-order valence-electron chi connectivity index (χ2n) is 7.97. The second-order valence-corrected chi connectivity index (χ2v) is 7.97. The van der Waals surface area contributed by atoms with E-state index in [1.165, 1.54) is 18.6 Å². The van der Waals surface area contributed by atoms with Crippen molar-refractivity contribution in [2.24, 2.45) is 10.7 Å². The number of aliphatic imine (C=N–C) groups is 1. The van der Waals surface area contributed by atoms with Crippen LogP contribution in [0.2, 0.25) is 0 Å². The third-order valence-corrected chi connectivity index (χ3v) is 6.08. The van der Waals surface area contributed by atoms with E-state index in [0.717, 1.165) is 0 Å². The molecular weight excluding hydrogens is 440 g/mol. The number of benzene rings is 1. The van der Waals surface area contributed by atoms with Crippen molar-refractivity contribution in [1.29, 1.82) is 0 Å². The Morgan fingerprint density at radius 3 is 2.32 bits per heavy atom. The fraction of sp³-hybridized carbons (Fsp3) is 0.120. The van der Waals surface area contributed by atoms with E-state index in [1.807, 2.05) is 6.07 Å². The number of amidine groups is 1. The lowest BCUT2D eigenvalue weighted by Gasteiger charge is -2.39. The van der Waals surface area contributed by atoms with E-state index in [0.29, 0.717) is 52.5 Å². The Kier molecular flexibility index (Phi) is 4.51. The van der Waals surface area contributed by atoms with Crippen LogP contribution in [0.4, 0.5) is 8.78 Å². The maximum atomic E-state index is 14.5. The summed E-state index contributed by atoms with van der Waals surface area (Å²) in [6.45, 7) is 0.304. The van der Waals surface area contributed by atoms with Crippen molar-refractivity contribution in [3.8, 4) is 33.9 Å². The highest BCUT2D eigenvalue weighted by Gasteiger charge is 2.45. The summed E-state index contributed by atoms with van der Waals surface area (Å²) < 4.78 is 40.5. The van der Waals surface area contributed by atoms with E-state index in [9.17, 15) is 8.78 Å². The molecule has 7 nitrogen and oxygen atoms in total. The Labute approximate surface area is 193 Å². The van der Waals surface area contributed by atoms with Crippen molar-refractivity contribution in [2.45, 2.75) is 12.0 Å². The van der Waals surface area contributed by atoms with Gasteiger partial charge in [0.05, 0.1) is 24.1 Å². The van der Waals surface area contributed by atoms with Crippen LogP contribution in [0.5, 0.6) is 11.5 Å².